The quantitative estimate of drug-likeness (QED) is 0.568. The number of anilines is 1. The fourth-order valence-electron chi connectivity index (χ4n) is 4.19. The highest BCUT2D eigenvalue weighted by molar-refractivity contribution is 6.31. The molecule has 0 unspecified atom stereocenters. The Morgan fingerprint density at radius 3 is 2.79 bits per heavy atom. The molecular weight excluding hydrogens is 475 g/mol. The number of hydrogen-bond acceptors (Lipinski definition) is 8. The largest absolute Gasteiger partial charge is 0.469 e. The van der Waals surface area contributed by atoms with Crippen molar-refractivity contribution in [2.45, 2.75) is 49.9 Å². The molecule has 1 aliphatic heterocycles. The van der Waals surface area contributed by atoms with Gasteiger partial charge in [0.1, 0.15) is 23.6 Å². The number of fused-ring (bicyclic) bond motifs is 1. The Balaban J connectivity index is 1.35. The summed E-state index contributed by atoms with van der Waals surface area (Å²) in [5.74, 6) is 0.316. The third kappa shape index (κ3) is 4.45. The second-order valence-electron chi connectivity index (χ2n) is 8.33. The lowest BCUT2D eigenvalue weighted by Gasteiger charge is -2.30. The SMILES string of the molecule is N#Cc1cc2nnc([C@H]3CCC[C@@H](Nc4ncc(C(F)(F)F)c(OC5COC5)n4)C3)n2cc1Cl. The van der Waals surface area contributed by atoms with Gasteiger partial charge in [-0.25, -0.2) is 4.98 Å². The van der Waals surface area contributed by atoms with Crippen LogP contribution < -0.4 is 10.1 Å². The summed E-state index contributed by atoms with van der Waals surface area (Å²) in [4.78, 5) is 7.91. The van der Waals surface area contributed by atoms with Crippen molar-refractivity contribution in [3.05, 3.63) is 40.4 Å². The molecule has 178 valence electrons. The number of ether oxygens (including phenoxy) is 2. The van der Waals surface area contributed by atoms with E-state index in [9.17, 15) is 13.2 Å². The summed E-state index contributed by atoms with van der Waals surface area (Å²) in [6.45, 7) is 0.446. The molecule has 3 aromatic heterocycles. The van der Waals surface area contributed by atoms with Crippen LogP contribution >= 0.6 is 11.6 Å². The molecule has 0 aromatic carbocycles. The molecule has 4 heterocycles. The van der Waals surface area contributed by atoms with Crippen molar-refractivity contribution in [2.24, 2.45) is 0 Å². The van der Waals surface area contributed by atoms with Gasteiger partial charge in [-0.05, 0) is 19.3 Å². The zero-order valence-corrected chi connectivity index (χ0v) is 18.5. The molecule has 0 radical (unpaired) electrons. The molecule has 1 aliphatic carbocycles. The number of pyridine rings is 1. The zero-order valence-electron chi connectivity index (χ0n) is 17.7. The van der Waals surface area contributed by atoms with Crippen molar-refractivity contribution in [3.63, 3.8) is 0 Å². The molecule has 1 saturated carbocycles. The van der Waals surface area contributed by atoms with Crippen LogP contribution in [0.3, 0.4) is 0 Å². The van der Waals surface area contributed by atoms with Gasteiger partial charge < -0.3 is 14.8 Å². The van der Waals surface area contributed by atoms with Gasteiger partial charge in [0.05, 0.1) is 23.8 Å². The summed E-state index contributed by atoms with van der Waals surface area (Å²) in [6.07, 6.45) is 0.456. The van der Waals surface area contributed by atoms with Crippen molar-refractivity contribution in [3.8, 4) is 11.9 Å². The summed E-state index contributed by atoms with van der Waals surface area (Å²) < 4.78 is 52.3. The normalized spacial score (nSPS) is 21.1. The van der Waals surface area contributed by atoms with Crippen LogP contribution in [-0.4, -0.2) is 49.9 Å². The minimum Gasteiger partial charge on any atom is -0.469 e. The first-order valence-electron chi connectivity index (χ1n) is 10.7. The summed E-state index contributed by atoms with van der Waals surface area (Å²) in [5.41, 5.74) is -0.170. The van der Waals surface area contributed by atoms with Crippen molar-refractivity contribution >= 4 is 23.2 Å². The first-order chi connectivity index (χ1) is 16.3. The highest BCUT2D eigenvalue weighted by Gasteiger charge is 2.38. The van der Waals surface area contributed by atoms with E-state index in [2.05, 4.69) is 25.5 Å². The number of halogens is 4. The molecular formula is C21H19ClF3N7O2. The Morgan fingerprint density at radius 1 is 1.26 bits per heavy atom. The molecule has 2 aliphatic rings. The Bertz CT molecular complexity index is 1260. The molecule has 1 saturated heterocycles. The molecule has 34 heavy (non-hydrogen) atoms. The maximum Gasteiger partial charge on any atom is 0.423 e. The van der Waals surface area contributed by atoms with Crippen LogP contribution in [0.4, 0.5) is 19.1 Å². The lowest BCUT2D eigenvalue weighted by atomic mass is 9.85. The van der Waals surface area contributed by atoms with Crippen LogP contribution in [0.25, 0.3) is 5.65 Å². The van der Waals surface area contributed by atoms with E-state index in [0.717, 1.165) is 31.3 Å². The van der Waals surface area contributed by atoms with Crippen molar-refractivity contribution in [2.75, 3.05) is 18.5 Å². The first kappa shape index (κ1) is 22.6. The smallest absolute Gasteiger partial charge is 0.423 e. The average Bonchev–Trinajstić information content (AvgIpc) is 3.18. The predicted molar refractivity (Wildman–Crippen MR) is 114 cm³/mol. The molecule has 1 N–H and O–H groups in total. The van der Waals surface area contributed by atoms with Gasteiger partial charge in [-0.2, -0.15) is 23.4 Å². The van der Waals surface area contributed by atoms with E-state index in [1.165, 1.54) is 0 Å². The first-order valence-corrected chi connectivity index (χ1v) is 11.1. The molecule has 5 rings (SSSR count). The highest BCUT2D eigenvalue weighted by atomic mass is 35.5. The van der Waals surface area contributed by atoms with Gasteiger partial charge in [0.2, 0.25) is 11.8 Å². The van der Waals surface area contributed by atoms with Crippen LogP contribution in [0.2, 0.25) is 5.02 Å². The molecule has 0 amide bonds. The average molecular weight is 494 g/mol. The van der Waals surface area contributed by atoms with Crippen LogP contribution in [0.1, 0.15) is 48.6 Å². The second kappa shape index (κ2) is 8.88. The maximum atomic E-state index is 13.4. The second-order valence-corrected chi connectivity index (χ2v) is 8.73. The van der Waals surface area contributed by atoms with Gasteiger partial charge in [-0.15, -0.1) is 10.2 Å². The minimum absolute atomic E-state index is 0.0301. The molecule has 3 aromatic rings. The van der Waals surface area contributed by atoms with E-state index in [4.69, 9.17) is 26.3 Å². The summed E-state index contributed by atoms with van der Waals surface area (Å²) >= 11 is 6.19. The number of alkyl halides is 3. The number of nitrogens with zero attached hydrogens (tertiary/aromatic N) is 6. The number of nitriles is 1. The lowest BCUT2D eigenvalue weighted by molar-refractivity contribution is -0.142. The minimum atomic E-state index is -4.63. The van der Waals surface area contributed by atoms with Crippen LogP contribution in [0.5, 0.6) is 5.88 Å². The van der Waals surface area contributed by atoms with Crippen LogP contribution in [-0.2, 0) is 10.9 Å². The molecule has 2 atom stereocenters. The third-order valence-corrected chi connectivity index (χ3v) is 6.26. The molecule has 0 spiro atoms. The number of rotatable bonds is 5. The summed E-state index contributed by atoms with van der Waals surface area (Å²) in [6, 6.07) is 3.52. The van der Waals surface area contributed by atoms with Crippen LogP contribution in [0.15, 0.2) is 18.5 Å². The molecule has 0 bridgehead atoms. The summed E-state index contributed by atoms with van der Waals surface area (Å²) in [7, 11) is 0. The van der Waals surface area contributed by atoms with Gasteiger partial charge in [-0.3, -0.25) is 4.40 Å². The number of hydrogen-bond donors (Lipinski definition) is 1. The Labute approximate surface area is 196 Å². The van der Waals surface area contributed by atoms with Gasteiger partial charge in [0.25, 0.3) is 0 Å². The molecule has 2 fully saturated rings. The Kier molecular flexibility index (Phi) is 5.91. The van der Waals surface area contributed by atoms with E-state index in [1.54, 1.807) is 16.7 Å². The van der Waals surface area contributed by atoms with E-state index >= 15 is 0 Å². The fourth-order valence-corrected chi connectivity index (χ4v) is 4.38. The predicted octanol–water partition coefficient (Wildman–Crippen LogP) is 3.98. The molecule has 9 nitrogen and oxygen atoms in total. The van der Waals surface area contributed by atoms with E-state index in [-0.39, 0.29) is 31.1 Å². The van der Waals surface area contributed by atoms with E-state index in [1.807, 2.05) is 6.07 Å². The van der Waals surface area contributed by atoms with Gasteiger partial charge >= 0.3 is 6.18 Å². The topological polar surface area (TPSA) is 110 Å². The zero-order chi connectivity index (χ0) is 23.9. The number of nitrogens with one attached hydrogen (secondary N) is 1. The Hall–Kier alpha value is -3.17. The standard InChI is InChI=1S/C21H19ClF3N7O2/c22-16-8-32-17(5-12(16)6-26)30-31-18(32)11-2-1-3-13(4-11)28-20-27-7-15(21(23,24)25)19(29-20)34-14-9-33-10-14/h5,7-8,11,13-14H,1-4,9-10H2,(H,27,28,29)/t11-,13+/m0/s1. The van der Waals surface area contributed by atoms with Crippen LogP contribution in [0, 0.1) is 11.3 Å². The summed E-state index contributed by atoms with van der Waals surface area (Å²) in [5, 5.41) is 21.1. The lowest BCUT2D eigenvalue weighted by Crippen LogP contribution is -2.39. The van der Waals surface area contributed by atoms with E-state index < -0.39 is 23.7 Å². The van der Waals surface area contributed by atoms with Gasteiger partial charge in [-0.1, -0.05) is 18.0 Å². The Morgan fingerprint density at radius 2 is 2.09 bits per heavy atom. The fraction of sp³-hybridized carbons (Fsp3) is 0.476. The van der Waals surface area contributed by atoms with Gasteiger partial charge in [0, 0.05) is 30.4 Å². The van der Waals surface area contributed by atoms with Gasteiger partial charge in [0.15, 0.2) is 5.65 Å². The third-order valence-electron chi connectivity index (χ3n) is 5.96. The van der Waals surface area contributed by atoms with Crippen molar-refractivity contribution < 1.29 is 22.6 Å². The van der Waals surface area contributed by atoms with Crippen molar-refractivity contribution in [1.29, 1.82) is 5.26 Å². The molecule has 13 heteroatoms. The monoisotopic (exact) mass is 493 g/mol. The van der Waals surface area contributed by atoms with Crippen molar-refractivity contribution in [1.82, 2.24) is 24.6 Å². The highest BCUT2D eigenvalue weighted by Crippen LogP contribution is 2.37. The van der Waals surface area contributed by atoms with E-state index in [0.29, 0.717) is 22.7 Å². The number of aromatic nitrogens is 5. The maximum absolute atomic E-state index is 13.4.